The molecule has 1 aliphatic rings. The second-order valence-corrected chi connectivity index (χ2v) is 7.95. The SMILES string of the molecule is CCCCCCCCCC(C)C1CCCc2c1[nH]c1ccccc21. The second-order valence-electron chi connectivity index (χ2n) is 7.95. The lowest BCUT2D eigenvalue weighted by atomic mass is 9.77. The molecule has 1 heterocycles. The lowest BCUT2D eigenvalue weighted by Gasteiger charge is -2.28. The first kappa shape index (κ1) is 17.6. The molecule has 0 saturated heterocycles. The molecule has 132 valence electrons. The van der Waals surface area contributed by atoms with Gasteiger partial charge in [-0.15, -0.1) is 0 Å². The fraction of sp³-hybridized carbons (Fsp3) is 0.652. The van der Waals surface area contributed by atoms with Crippen LogP contribution in [0.4, 0.5) is 0 Å². The van der Waals surface area contributed by atoms with Crippen molar-refractivity contribution in [2.24, 2.45) is 5.92 Å². The van der Waals surface area contributed by atoms with Crippen molar-refractivity contribution in [1.82, 2.24) is 4.98 Å². The third kappa shape index (κ3) is 4.05. The molecule has 2 atom stereocenters. The highest BCUT2D eigenvalue weighted by atomic mass is 14.7. The van der Waals surface area contributed by atoms with E-state index < -0.39 is 0 Å². The maximum absolute atomic E-state index is 3.77. The Bertz CT molecular complexity index is 624. The summed E-state index contributed by atoms with van der Waals surface area (Å²) in [7, 11) is 0. The van der Waals surface area contributed by atoms with Gasteiger partial charge in [-0.2, -0.15) is 0 Å². The minimum absolute atomic E-state index is 0.751. The van der Waals surface area contributed by atoms with Crippen molar-refractivity contribution in [2.75, 3.05) is 0 Å². The summed E-state index contributed by atoms with van der Waals surface area (Å²) in [5.74, 6) is 1.56. The molecule has 0 bridgehead atoms. The van der Waals surface area contributed by atoms with Crippen LogP contribution >= 0.6 is 0 Å². The molecule has 0 saturated carbocycles. The van der Waals surface area contributed by atoms with Gasteiger partial charge >= 0.3 is 0 Å². The van der Waals surface area contributed by atoms with Gasteiger partial charge in [0.25, 0.3) is 0 Å². The van der Waals surface area contributed by atoms with E-state index in [2.05, 4.69) is 43.1 Å². The minimum atomic E-state index is 0.751. The van der Waals surface area contributed by atoms with Gasteiger partial charge < -0.3 is 4.98 Å². The number of hydrogen-bond donors (Lipinski definition) is 1. The molecule has 1 heteroatoms. The topological polar surface area (TPSA) is 15.8 Å². The van der Waals surface area contributed by atoms with Crippen LogP contribution in [0, 0.1) is 5.92 Å². The van der Waals surface area contributed by atoms with Crippen molar-refractivity contribution < 1.29 is 0 Å². The second kappa shape index (κ2) is 8.74. The number of benzene rings is 1. The normalized spacial score (nSPS) is 18.7. The van der Waals surface area contributed by atoms with E-state index in [4.69, 9.17) is 0 Å². The molecule has 0 fully saturated rings. The predicted octanol–water partition coefficient (Wildman–Crippen LogP) is 7.36. The summed E-state index contributed by atoms with van der Waals surface area (Å²) < 4.78 is 0. The Morgan fingerprint density at radius 1 is 1.04 bits per heavy atom. The van der Waals surface area contributed by atoms with Crippen molar-refractivity contribution in [2.45, 2.75) is 90.4 Å². The predicted molar refractivity (Wildman–Crippen MR) is 106 cm³/mol. The molecule has 0 radical (unpaired) electrons. The zero-order valence-electron chi connectivity index (χ0n) is 15.7. The van der Waals surface area contributed by atoms with Crippen LogP contribution in [-0.4, -0.2) is 4.98 Å². The van der Waals surface area contributed by atoms with Gasteiger partial charge in [0.2, 0.25) is 0 Å². The van der Waals surface area contributed by atoms with Crippen LogP contribution in [0.5, 0.6) is 0 Å². The quantitative estimate of drug-likeness (QED) is 0.463. The van der Waals surface area contributed by atoms with Gasteiger partial charge in [0, 0.05) is 22.5 Å². The van der Waals surface area contributed by atoms with Crippen LogP contribution < -0.4 is 0 Å². The first-order chi connectivity index (χ1) is 11.8. The van der Waals surface area contributed by atoms with Crippen molar-refractivity contribution in [3.05, 3.63) is 35.5 Å². The van der Waals surface area contributed by atoms with E-state index in [9.17, 15) is 0 Å². The van der Waals surface area contributed by atoms with E-state index in [1.807, 2.05) is 0 Å². The maximum atomic E-state index is 3.77. The third-order valence-corrected chi connectivity index (χ3v) is 6.11. The molecule has 3 rings (SSSR count). The van der Waals surface area contributed by atoms with Crippen molar-refractivity contribution >= 4 is 10.9 Å². The Kier molecular flexibility index (Phi) is 6.40. The summed E-state index contributed by atoms with van der Waals surface area (Å²) >= 11 is 0. The summed E-state index contributed by atoms with van der Waals surface area (Å²) in [6.07, 6.45) is 15.3. The molecule has 0 spiro atoms. The van der Waals surface area contributed by atoms with Crippen LogP contribution in [0.1, 0.15) is 95.2 Å². The molecule has 1 aromatic carbocycles. The molecule has 1 aromatic heterocycles. The van der Waals surface area contributed by atoms with Crippen molar-refractivity contribution in [3.63, 3.8) is 0 Å². The Balaban J connectivity index is 1.54. The Labute approximate surface area is 148 Å². The van der Waals surface area contributed by atoms with E-state index in [-0.39, 0.29) is 0 Å². The molecule has 0 aliphatic heterocycles. The average Bonchev–Trinajstić information content (AvgIpc) is 2.99. The zero-order chi connectivity index (χ0) is 16.8. The highest BCUT2D eigenvalue weighted by molar-refractivity contribution is 5.85. The number of aromatic nitrogens is 1. The molecule has 1 nitrogen and oxygen atoms in total. The largest absolute Gasteiger partial charge is 0.358 e. The maximum Gasteiger partial charge on any atom is 0.0459 e. The molecular weight excluding hydrogens is 290 g/mol. The summed E-state index contributed by atoms with van der Waals surface area (Å²) in [5.41, 5.74) is 4.53. The van der Waals surface area contributed by atoms with Gasteiger partial charge in [0.1, 0.15) is 0 Å². The molecule has 2 aromatic rings. The highest BCUT2D eigenvalue weighted by Crippen LogP contribution is 2.41. The summed E-state index contributed by atoms with van der Waals surface area (Å²) in [6.45, 7) is 4.78. The third-order valence-electron chi connectivity index (χ3n) is 6.11. The van der Waals surface area contributed by atoms with Gasteiger partial charge in [-0.1, -0.05) is 83.4 Å². The monoisotopic (exact) mass is 325 g/mol. The van der Waals surface area contributed by atoms with Gasteiger partial charge in [-0.05, 0) is 36.8 Å². The van der Waals surface area contributed by atoms with Crippen LogP contribution in [0.2, 0.25) is 0 Å². The number of H-pyrrole nitrogens is 1. The van der Waals surface area contributed by atoms with E-state index in [1.165, 1.54) is 81.5 Å². The van der Waals surface area contributed by atoms with Crippen LogP contribution in [0.3, 0.4) is 0 Å². The first-order valence-corrected chi connectivity index (χ1v) is 10.4. The molecule has 0 amide bonds. The minimum Gasteiger partial charge on any atom is -0.358 e. The first-order valence-electron chi connectivity index (χ1n) is 10.4. The van der Waals surface area contributed by atoms with E-state index >= 15 is 0 Å². The van der Waals surface area contributed by atoms with Gasteiger partial charge in [0.05, 0.1) is 0 Å². The standard InChI is InChI=1S/C23H35N/c1-3-4-5-6-7-8-9-13-18(2)19-15-12-16-21-20-14-10-11-17-22(20)24-23(19)21/h10-11,14,17-19,24H,3-9,12-13,15-16H2,1-2H3. The van der Waals surface area contributed by atoms with Gasteiger partial charge in [0.15, 0.2) is 0 Å². The van der Waals surface area contributed by atoms with Crippen molar-refractivity contribution in [1.29, 1.82) is 0 Å². The lowest BCUT2D eigenvalue weighted by molar-refractivity contribution is 0.365. The molecule has 1 N–H and O–H groups in total. The number of unbranched alkanes of at least 4 members (excludes halogenated alkanes) is 6. The summed E-state index contributed by atoms with van der Waals surface area (Å²) in [6, 6.07) is 8.88. The number of rotatable bonds is 9. The Morgan fingerprint density at radius 3 is 2.62 bits per heavy atom. The molecular formula is C23H35N. The van der Waals surface area contributed by atoms with Gasteiger partial charge in [-0.25, -0.2) is 0 Å². The fourth-order valence-electron chi connectivity index (χ4n) is 4.64. The average molecular weight is 326 g/mol. The smallest absolute Gasteiger partial charge is 0.0459 e. The number of aromatic amines is 1. The van der Waals surface area contributed by atoms with Crippen LogP contribution in [0.25, 0.3) is 10.9 Å². The zero-order valence-corrected chi connectivity index (χ0v) is 15.7. The molecule has 24 heavy (non-hydrogen) atoms. The summed E-state index contributed by atoms with van der Waals surface area (Å²) in [5, 5.41) is 1.47. The fourth-order valence-corrected chi connectivity index (χ4v) is 4.64. The highest BCUT2D eigenvalue weighted by Gasteiger charge is 2.27. The number of hydrogen-bond acceptors (Lipinski definition) is 0. The Hall–Kier alpha value is -1.24. The van der Waals surface area contributed by atoms with Crippen LogP contribution in [0.15, 0.2) is 24.3 Å². The molecule has 1 aliphatic carbocycles. The molecule has 2 unspecified atom stereocenters. The van der Waals surface area contributed by atoms with E-state index in [1.54, 1.807) is 11.3 Å². The number of para-hydroxylation sites is 1. The van der Waals surface area contributed by atoms with Crippen molar-refractivity contribution in [3.8, 4) is 0 Å². The van der Waals surface area contributed by atoms with E-state index in [0.717, 1.165) is 11.8 Å². The van der Waals surface area contributed by atoms with Gasteiger partial charge in [-0.3, -0.25) is 0 Å². The number of fused-ring (bicyclic) bond motifs is 3. The Morgan fingerprint density at radius 2 is 1.79 bits per heavy atom. The summed E-state index contributed by atoms with van der Waals surface area (Å²) in [4.78, 5) is 3.77. The number of nitrogens with one attached hydrogen (secondary N) is 1. The lowest BCUT2D eigenvalue weighted by Crippen LogP contribution is -2.16. The number of aryl methyl sites for hydroxylation is 1. The van der Waals surface area contributed by atoms with Crippen LogP contribution in [-0.2, 0) is 6.42 Å². The van der Waals surface area contributed by atoms with E-state index in [0.29, 0.717) is 0 Å².